The Hall–Kier alpha value is -1.03. The maximum Gasteiger partial charge on any atom is 0.124 e. The molecular formula is C10H14O. The van der Waals surface area contributed by atoms with Crippen LogP contribution in [0.2, 0.25) is 0 Å². The molecule has 0 atom stereocenters. The van der Waals surface area contributed by atoms with E-state index in [1.807, 2.05) is 13.8 Å². The van der Waals surface area contributed by atoms with Crippen LogP contribution in [0.1, 0.15) is 33.1 Å². The summed E-state index contributed by atoms with van der Waals surface area (Å²) in [6.45, 7) is 3.80. The fourth-order valence-corrected chi connectivity index (χ4v) is 0.731. The van der Waals surface area contributed by atoms with E-state index in [0.29, 0.717) is 6.42 Å². The molecule has 11 heavy (non-hydrogen) atoms. The Balaban J connectivity index is 3.52. The first-order chi connectivity index (χ1) is 5.31. The van der Waals surface area contributed by atoms with E-state index in [1.54, 1.807) is 0 Å². The molecule has 0 bridgehead atoms. The lowest BCUT2D eigenvalue weighted by molar-refractivity contribution is -0.107. The molecule has 0 aliphatic rings. The molecular weight excluding hydrogens is 136 g/mol. The predicted molar refractivity (Wildman–Crippen MR) is 47.1 cm³/mol. The highest BCUT2D eigenvalue weighted by atomic mass is 16.1. The summed E-state index contributed by atoms with van der Waals surface area (Å²) in [7, 11) is 0. The predicted octanol–water partition coefficient (Wildman–Crippen LogP) is 2.33. The van der Waals surface area contributed by atoms with Crippen LogP contribution < -0.4 is 0 Å². The minimum Gasteiger partial charge on any atom is -0.303 e. The Kier molecular flexibility index (Phi) is 6.42. The van der Waals surface area contributed by atoms with Crippen molar-refractivity contribution in [3.63, 3.8) is 0 Å². The van der Waals surface area contributed by atoms with Gasteiger partial charge in [-0.1, -0.05) is 11.6 Å². The number of carbonyl (C=O) groups is 1. The molecule has 0 unspecified atom stereocenters. The minimum atomic E-state index is 0.555. The topological polar surface area (TPSA) is 17.1 Å². The molecule has 1 heteroatoms. The van der Waals surface area contributed by atoms with Crippen molar-refractivity contribution in [1.29, 1.82) is 0 Å². The summed E-state index contributed by atoms with van der Waals surface area (Å²) < 4.78 is 0. The molecule has 0 spiro atoms. The second kappa shape index (κ2) is 7.08. The van der Waals surface area contributed by atoms with Crippen molar-refractivity contribution in [1.82, 2.24) is 0 Å². The minimum absolute atomic E-state index is 0.555. The van der Waals surface area contributed by atoms with Gasteiger partial charge < -0.3 is 4.79 Å². The molecule has 0 heterocycles. The van der Waals surface area contributed by atoms with Crippen molar-refractivity contribution in [3.05, 3.63) is 11.6 Å². The molecule has 0 saturated carbocycles. The molecule has 0 aromatic carbocycles. The zero-order valence-corrected chi connectivity index (χ0v) is 7.18. The standard InChI is InChI=1S/C10H14O/c1-3-4-5-6-7-10(2)8-9-11/h7,9H,5-6,8H2,1-2H3/b10-7+. The quantitative estimate of drug-likeness (QED) is 0.260. The molecule has 0 rings (SSSR count). The Labute approximate surface area is 68.5 Å². The van der Waals surface area contributed by atoms with Crippen molar-refractivity contribution >= 4 is 6.29 Å². The summed E-state index contributed by atoms with van der Waals surface area (Å²) in [5, 5.41) is 0. The molecule has 60 valence electrons. The fourth-order valence-electron chi connectivity index (χ4n) is 0.731. The lowest BCUT2D eigenvalue weighted by Gasteiger charge is -1.90. The van der Waals surface area contributed by atoms with Crippen molar-refractivity contribution in [2.75, 3.05) is 0 Å². The number of carbonyl (C=O) groups excluding carboxylic acids is 1. The number of allylic oxidation sites excluding steroid dienone is 2. The van der Waals surface area contributed by atoms with E-state index in [0.717, 1.165) is 24.7 Å². The summed E-state index contributed by atoms with van der Waals surface area (Å²) >= 11 is 0. The van der Waals surface area contributed by atoms with E-state index < -0.39 is 0 Å². The van der Waals surface area contributed by atoms with Crippen molar-refractivity contribution < 1.29 is 4.79 Å². The molecule has 0 aromatic rings. The third-order valence-electron chi connectivity index (χ3n) is 1.34. The molecule has 0 aromatic heterocycles. The second-order valence-electron chi connectivity index (χ2n) is 2.39. The van der Waals surface area contributed by atoms with Crippen molar-refractivity contribution in [2.24, 2.45) is 0 Å². The van der Waals surface area contributed by atoms with Crippen LogP contribution in [-0.4, -0.2) is 6.29 Å². The lowest BCUT2D eigenvalue weighted by atomic mass is 10.2. The van der Waals surface area contributed by atoms with Gasteiger partial charge in [0.15, 0.2) is 0 Å². The zero-order chi connectivity index (χ0) is 8.53. The molecule has 0 radical (unpaired) electrons. The van der Waals surface area contributed by atoms with Gasteiger partial charge in [0.1, 0.15) is 6.29 Å². The van der Waals surface area contributed by atoms with E-state index in [2.05, 4.69) is 17.9 Å². The van der Waals surface area contributed by atoms with Crippen LogP contribution in [0.15, 0.2) is 11.6 Å². The third kappa shape index (κ3) is 6.86. The molecule has 0 amide bonds. The highest BCUT2D eigenvalue weighted by Crippen LogP contribution is 2.00. The highest BCUT2D eigenvalue weighted by molar-refractivity contribution is 5.53. The van der Waals surface area contributed by atoms with Gasteiger partial charge in [0, 0.05) is 12.8 Å². The van der Waals surface area contributed by atoms with Gasteiger partial charge in [-0.05, 0) is 20.3 Å². The van der Waals surface area contributed by atoms with Gasteiger partial charge in [-0.2, -0.15) is 0 Å². The Bertz CT molecular complexity index is 191. The van der Waals surface area contributed by atoms with Gasteiger partial charge in [0.05, 0.1) is 0 Å². The Morgan fingerprint density at radius 3 is 2.82 bits per heavy atom. The van der Waals surface area contributed by atoms with Crippen LogP contribution in [-0.2, 0) is 4.79 Å². The van der Waals surface area contributed by atoms with Gasteiger partial charge in [-0.25, -0.2) is 0 Å². The summed E-state index contributed by atoms with van der Waals surface area (Å²) in [4.78, 5) is 10.0. The van der Waals surface area contributed by atoms with Gasteiger partial charge >= 0.3 is 0 Å². The van der Waals surface area contributed by atoms with Crippen molar-refractivity contribution in [2.45, 2.75) is 33.1 Å². The number of hydrogen-bond donors (Lipinski definition) is 0. The van der Waals surface area contributed by atoms with Crippen LogP contribution in [0.3, 0.4) is 0 Å². The summed E-state index contributed by atoms with van der Waals surface area (Å²) in [6.07, 6.45) is 5.41. The van der Waals surface area contributed by atoms with Gasteiger partial charge in [-0.3, -0.25) is 0 Å². The number of hydrogen-bond acceptors (Lipinski definition) is 1. The van der Waals surface area contributed by atoms with Crippen LogP contribution in [0.25, 0.3) is 0 Å². The fraction of sp³-hybridized carbons (Fsp3) is 0.500. The maximum absolute atomic E-state index is 10.0. The molecule has 0 aliphatic carbocycles. The molecule has 0 aliphatic heterocycles. The van der Waals surface area contributed by atoms with E-state index in [1.165, 1.54) is 0 Å². The normalized spacial score (nSPS) is 10.2. The molecule has 1 nitrogen and oxygen atoms in total. The molecule has 0 saturated heterocycles. The number of aldehydes is 1. The summed E-state index contributed by atoms with van der Waals surface area (Å²) in [5.74, 6) is 5.79. The first-order valence-corrected chi connectivity index (χ1v) is 3.80. The second-order valence-corrected chi connectivity index (χ2v) is 2.39. The lowest BCUT2D eigenvalue weighted by Crippen LogP contribution is -1.77. The van der Waals surface area contributed by atoms with Crippen LogP contribution in [0, 0.1) is 11.8 Å². The average molecular weight is 150 g/mol. The van der Waals surface area contributed by atoms with Gasteiger partial charge in [0.25, 0.3) is 0 Å². The SMILES string of the molecule is CC#CCC/C=C(\C)CC=O. The van der Waals surface area contributed by atoms with Crippen LogP contribution in [0.5, 0.6) is 0 Å². The summed E-state index contributed by atoms with van der Waals surface area (Å²) in [5.41, 5.74) is 1.14. The maximum atomic E-state index is 10.0. The van der Waals surface area contributed by atoms with Crippen molar-refractivity contribution in [3.8, 4) is 11.8 Å². The Morgan fingerprint density at radius 2 is 2.27 bits per heavy atom. The van der Waals surface area contributed by atoms with E-state index in [4.69, 9.17) is 0 Å². The smallest absolute Gasteiger partial charge is 0.124 e. The monoisotopic (exact) mass is 150 g/mol. The first kappa shape index (κ1) is 9.97. The highest BCUT2D eigenvalue weighted by Gasteiger charge is 1.85. The third-order valence-corrected chi connectivity index (χ3v) is 1.34. The summed E-state index contributed by atoms with van der Waals surface area (Å²) in [6, 6.07) is 0. The first-order valence-electron chi connectivity index (χ1n) is 3.80. The zero-order valence-electron chi connectivity index (χ0n) is 7.18. The Morgan fingerprint density at radius 1 is 1.55 bits per heavy atom. The van der Waals surface area contributed by atoms with Gasteiger partial charge in [-0.15, -0.1) is 11.8 Å². The van der Waals surface area contributed by atoms with Crippen LogP contribution >= 0.6 is 0 Å². The number of unbranched alkanes of at least 4 members (excludes halogenated alkanes) is 1. The molecule has 0 fully saturated rings. The van der Waals surface area contributed by atoms with Crippen LogP contribution in [0.4, 0.5) is 0 Å². The largest absolute Gasteiger partial charge is 0.303 e. The average Bonchev–Trinajstić information content (AvgIpc) is 1.99. The van der Waals surface area contributed by atoms with E-state index in [9.17, 15) is 4.79 Å². The van der Waals surface area contributed by atoms with Gasteiger partial charge in [0.2, 0.25) is 0 Å². The molecule has 0 N–H and O–H groups in total. The van der Waals surface area contributed by atoms with E-state index in [-0.39, 0.29) is 0 Å². The number of rotatable bonds is 4. The van der Waals surface area contributed by atoms with E-state index >= 15 is 0 Å².